The van der Waals surface area contributed by atoms with E-state index >= 15 is 0 Å². The molecule has 0 aliphatic heterocycles. The first-order valence-corrected chi connectivity index (χ1v) is 8.89. The Balaban J connectivity index is 1.92. The van der Waals surface area contributed by atoms with Gasteiger partial charge < -0.3 is 15.4 Å². The minimum Gasteiger partial charge on any atom is -0.497 e. The Morgan fingerprint density at radius 3 is 2.77 bits per heavy atom. The maximum absolute atomic E-state index is 12.9. The summed E-state index contributed by atoms with van der Waals surface area (Å²) in [6.45, 7) is 4.28. The van der Waals surface area contributed by atoms with Crippen molar-refractivity contribution in [3.63, 3.8) is 0 Å². The van der Waals surface area contributed by atoms with Crippen LogP contribution in [0.1, 0.15) is 9.67 Å². The maximum atomic E-state index is 12.9. The zero-order valence-electron chi connectivity index (χ0n) is 14.4. The zero-order chi connectivity index (χ0) is 18.4. The Labute approximate surface area is 156 Å². The first-order valence-electron chi connectivity index (χ1n) is 8.07. The highest BCUT2D eigenvalue weighted by Crippen LogP contribution is 2.32. The molecule has 3 rings (SSSR count). The van der Waals surface area contributed by atoms with Crippen molar-refractivity contribution in [3.8, 4) is 17.0 Å². The van der Waals surface area contributed by atoms with Crippen molar-refractivity contribution < 1.29 is 9.53 Å². The fourth-order valence-corrected chi connectivity index (χ4v) is 3.28. The number of carbonyl (C=O) groups excluding carboxylic acids is 1. The predicted octanol–water partition coefficient (Wildman–Crippen LogP) is 4.67. The van der Waals surface area contributed by atoms with E-state index in [0.29, 0.717) is 33.7 Å². The first kappa shape index (κ1) is 17.7. The van der Waals surface area contributed by atoms with Crippen LogP contribution in [0.25, 0.3) is 11.3 Å². The lowest BCUT2D eigenvalue weighted by atomic mass is 10.1. The Hall–Kier alpha value is -3.12. The molecule has 1 heterocycles. The third kappa shape index (κ3) is 4.10. The molecule has 1 aromatic heterocycles. The van der Waals surface area contributed by atoms with Gasteiger partial charge in [-0.3, -0.25) is 4.79 Å². The highest BCUT2D eigenvalue weighted by molar-refractivity contribution is 7.18. The van der Waals surface area contributed by atoms with Crippen LogP contribution >= 0.6 is 11.3 Å². The van der Waals surface area contributed by atoms with E-state index in [1.807, 2.05) is 48.5 Å². The van der Waals surface area contributed by atoms with E-state index in [-0.39, 0.29) is 5.91 Å². The van der Waals surface area contributed by atoms with Crippen molar-refractivity contribution in [2.24, 2.45) is 0 Å². The van der Waals surface area contributed by atoms with Crippen LogP contribution in [0, 0.1) is 0 Å². The Bertz CT molecular complexity index is 906. The smallest absolute Gasteiger partial charge is 0.268 e. The van der Waals surface area contributed by atoms with Crippen LogP contribution in [0.2, 0.25) is 0 Å². The fourth-order valence-electron chi connectivity index (χ4n) is 2.39. The molecule has 26 heavy (non-hydrogen) atoms. The lowest BCUT2D eigenvalue weighted by Crippen LogP contribution is -2.11. The predicted molar refractivity (Wildman–Crippen MR) is 107 cm³/mol. The van der Waals surface area contributed by atoms with Gasteiger partial charge in [0.15, 0.2) is 5.13 Å². The monoisotopic (exact) mass is 365 g/mol. The van der Waals surface area contributed by atoms with Gasteiger partial charge in [-0.2, -0.15) is 0 Å². The number of carbonyl (C=O) groups is 1. The molecule has 6 heteroatoms. The molecule has 0 spiro atoms. The van der Waals surface area contributed by atoms with Gasteiger partial charge >= 0.3 is 0 Å². The molecule has 0 saturated heterocycles. The highest BCUT2D eigenvalue weighted by Gasteiger charge is 2.19. The van der Waals surface area contributed by atoms with Crippen LogP contribution in [-0.4, -0.2) is 24.5 Å². The molecule has 0 atom stereocenters. The normalized spacial score (nSPS) is 10.2. The molecule has 0 radical (unpaired) electrons. The molecular formula is C20H19N3O2S. The van der Waals surface area contributed by atoms with E-state index in [2.05, 4.69) is 22.2 Å². The number of anilines is 2. The summed E-state index contributed by atoms with van der Waals surface area (Å²) in [4.78, 5) is 18.0. The van der Waals surface area contributed by atoms with E-state index in [1.165, 1.54) is 11.3 Å². The van der Waals surface area contributed by atoms with Gasteiger partial charge in [0, 0.05) is 23.9 Å². The van der Waals surface area contributed by atoms with E-state index in [0.717, 1.165) is 5.56 Å². The average molecular weight is 365 g/mol. The first-order chi connectivity index (χ1) is 12.7. The van der Waals surface area contributed by atoms with Crippen molar-refractivity contribution in [2.75, 3.05) is 24.3 Å². The second-order valence-corrected chi connectivity index (χ2v) is 6.42. The quantitative estimate of drug-likeness (QED) is 0.597. The van der Waals surface area contributed by atoms with Gasteiger partial charge in [0.25, 0.3) is 5.91 Å². The number of methoxy groups -OCH3 is 1. The van der Waals surface area contributed by atoms with Crippen molar-refractivity contribution in [2.45, 2.75) is 0 Å². The van der Waals surface area contributed by atoms with Crippen LogP contribution in [-0.2, 0) is 0 Å². The van der Waals surface area contributed by atoms with E-state index in [1.54, 1.807) is 19.3 Å². The summed E-state index contributed by atoms with van der Waals surface area (Å²) in [5.41, 5.74) is 2.22. The van der Waals surface area contributed by atoms with E-state index < -0.39 is 0 Å². The molecule has 0 aliphatic rings. The summed E-state index contributed by atoms with van der Waals surface area (Å²) in [5, 5.41) is 6.75. The molecule has 0 bridgehead atoms. The van der Waals surface area contributed by atoms with Gasteiger partial charge in [-0.15, -0.1) is 6.58 Å². The van der Waals surface area contributed by atoms with Crippen LogP contribution in [0.5, 0.6) is 5.75 Å². The second kappa shape index (κ2) is 8.31. The van der Waals surface area contributed by atoms with Gasteiger partial charge in [0.2, 0.25) is 0 Å². The molecular weight excluding hydrogens is 346 g/mol. The second-order valence-electron chi connectivity index (χ2n) is 5.42. The van der Waals surface area contributed by atoms with E-state index in [4.69, 9.17) is 4.74 Å². The number of nitrogens with one attached hydrogen (secondary N) is 2. The molecule has 2 N–H and O–H groups in total. The Kier molecular flexibility index (Phi) is 5.66. The topological polar surface area (TPSA) is 63.2 Å². The Morgan fingerprint density at radius 2 is 2.04 bits per heavy atom. The van der Waals surface area contributed by atoms with Crippen LogP contribution in [0.4, 0.5) is 10.8 Å². The SMILES string of the molecule is C=CCNc1nc(-c2ccccc2)c(C(=O)Nc2cccc(OC)c2)s1. The van der Waals surface area contributed by atoms with Crippen molar-refractivity contribution in [1.82, 2.24) is 4.98 Å². The molecule has 0 unspecified atom stereocenters. The molecule has 0 fully saturated rings. The minimum atomic E-state index is -0.207. The van der Waals surface area contributed by atoms with Crippen molar-refractivity contribution in [1.29, 1.82) is 0 Å². The number of benzene rings is 2. The number of amides is 1. The maximum Gasteiger partial charge on any atom is 0.268 e. The van der Waals surface area contributed by atoms with Gasteiger partial charge in [-0.1, -0.05) is 53.8 Å². The molecule has 0 saturated carbocycles. The summed E-state index contributed by atoms with van der Waals surface area (Å²) in [6, 6.07) is 16.9. The number of rotatable bonds is 7. The van der Waals surface area contributed by atoms with Crippen molar-refractivity contribution in [3.05, 3.63) is 72.1 Å². The summed E-state index contributed by atoms with van der Waals surface area (Å²) in [5.74, 6) is 0.477. The molecule has 1 amide bonds. The van der Waals surface area contributed by atoms with Crippen molar-refractivity contribution >= 4 is 28.1 Å². The number of hydrogen-bond acceptors (Lipinski definition) is 5. The number of ether oxygens (including phenoxy) is 1. The fraction of sp³-hybridized carbons (Fsp3) is 0.100. The van der Waals surface area contributed by atoms with E-state index in [9.17, 15) is 4.79 Å². The summed E-state index contributed by atoms with van der Waals surface area (Å²) >= 11 is 1.32. The lowest BCUT2D eigenvalue weighted by molar-refractivity contribution is 0.103. The van der Waals surface area contributed by atoms with Crippen LogP contribution in [0.15, 0.2) is 67.3 Å². The average Bonchev–Trinajstić information content (AvgIpc) is 3.11. The third-order valence-electron chi connectivity index (χ3n) is 3.61. The van der Waals surface area contributed by atoms with Gasteiger partial charge in [-0.25, -0.2) is 4.98 Å². The zero-order valence-corrected chi connectivity index (χ0v) is 15.2. The third-order valence-corrected chi connectivity index (χ3v) is 4.62. The van der Waals surface area contributed by atoms with Gasteiger partial charge in [0.1, 0.15) is 10.6 Å². The standard InChI is InChI=1S/C20H19N3O2S/c1-3-12-21-20-23-17(14-8-5-4-6-9-14)18(26-20)19(24)22-15-10-7-11-16(13-15)25-2/h3-11,13H,1,12H2,2H3,(H,21,23)(H,22,24). The number of aromatic nitrogens is 1. The Morgan fingerprint density at radius 1 is 1.23 bits per heavy atom. The minimum absolute atomic E-state index is 0.207. The lowest BCUT2D eigenvalue weighted by Gasteiger charge is -2.07. The molecule has 5 nitrogen and oxygen atoms in total. The summed E-state index contributed by atoms with van der Waals surface area (Å²) in [7, 11) is 1.59. The van der Waals surface area contributed by atoms with Gasteiger partial charge in [-0.05, 0) is 12.1 Å². The molecule has 0 aliphatic carbocycles. The number of thiazole rings is 1. The summed E-state index contributed by atoms with van der Waals surface area (Å²) < 4.78 is 5.20. The number of nitrogens with zero attached hydrogens (tertiary/aromatic N) is 1. The number of hydrogen-bond donors (Lipinski definition) is 2. The highest BCUT2D eigenvalue weighted by atomic mass is 32.1. The largest absolute Gasteiger partial charge is 0.497 e. The van der Waals surface area contributed by atoms with Gasteiger partial charge in [0.05, 0.1) is 12.8 Å². The summed E-state index contributed by atoms with van der Waals surface area (Å²) in [6.07, 6.45) is 1.75. The molecule has 3 aromatic rings. The molecule has 2 aromatic carbocycles. The molecule has 132 valence electrons. The van der Waals surface area contributed by atoms with Crippen LogP contribution in [0.3, 0.4) is 0 Å². The van der Waals surface area contributed by atoms with Crippen LogP contribution < -0.4 is 15.4 Å².